The lowest BCUT2D eigenvalue weighted by atomic mass is 10.9. The van der Waals surface area contributed by atoms with Gasteiger partial charge in [0.1, 0.15) is 0 Å². The van der Waals surface area contributed by atoms with E-state index in [0.717, 1.165) is 0 Å². The Labute approximate surface area is 85.6 Å². The first-order chi connectivity index (χ1) is 7.18. The molecule has 0 rings (SSSR count). The molecule has 0 saturated heterocycles. The van der Waals surface area contributed by atoms with Crippen LogP contribution in [0.2, 0.25) is 0 Å². The summed E-state index contributed by atoms with van der Waals surface area (Å²) >= 11 is 0. The van der Waals surface area contributed by atoms with Gasteiger partial charge >= 0.3 is 7.82 Å². The Hall–Kier alpha value is -1.13. The van der Waals surface area contributed by atoms with Crippen molar-refractivity contribution < 1.29 is 27.7 Å². The van der Waals surface area contributed by atoms with Crippen LogP contribution in [-0.4, -0.2) is 32.2 Å². The fourth-order valence-corrected chi connectivity index (χ4v) is 1.46. The lowest BCUT2D eigenvalue weighted by molar-refractivity contribution is 0.122. The largest absolute Gasteiger partial charge is 0.478 e. The molecule has 8 nitrogen and oxygen atoms in total. The van der Waals surface area contributed by atoms with Crippen LogP contribution in [0.25, 0.3) is 0 Å². The molecular formula is C6H9N2O6P. The average Bonchev–Trinajstić information content (AvgIpc) is 2.19. The molecule has 0 aromatic carbocycles. The van der Waals surface area contributed by atoms with Gasteiger partial charge in [0.15, 0.2) is 13.5 Å². The number of isocyanates is 2. The molecule has 0 saturated carbocycles. The van der Waals surface area contributed by atoms with Crippen LogP contribution in [0.3, 0.4) is 0 Å². The molecule has 0 heterocycles. The van der Waals surface area contributed by atoms with Crippen LogP contribution in [0.15, 0.2) is 9.98 Å². The molecule has 0 aliphatic heterocycles. The maximum atomic E-state index is 11.5. The molecule has 15 heavy (non-hydrogen) atoms. The SMILES string of the molecule is CCOP(=O)(OCN=C=O)OCN=C=O. The Kier molecular flexibility index (Phi) is 7.58. The van der Waals surface area contributed by atoms with E-state index < -0.39 is 21.3 Å². The highest BCUT2D eigenvalue weighted by Gasteiger charge is 2.25. The zero-order valence-corrected chi connectivity index (χ0v) is 8.81. The second kappa shape index (κ2) is 8.20. The third kappa shape index (κ3) is 6.88. The number of phosphoric ester groups is 1. The molecule has 0 aromatic heterocycles. The Bertz CT molecular complexity index is 294. The predicted molar refractivity (Wildman–Crippen MR) is 47.4 cm³/mol. The summed E-state index contributed by atoms with van der Waals surface area (Å²) in [6.07, 6.45) is 2.36. The molecular weight excluding hydrogens is 227 g/mol. The minimum atomic E-state index is -3.82. The number of hydrogen-bond acceptors (Lipinski definition) is 8. The summed E-state index contributed by atoms with van der Waals surface area (Å²) < 4.78 is 25.3. The van der Waals surface area contributed by atoms with Gasteiger partial charge in [-0.1, -0.05) is 0 Å². The highest BCUT2D eigenvalue weighted by atomic mass is 31.2. The van der Waals surface area contributed by atoms with Crippen molar-refractivity contribution in [1.82, 2.24) is 0 Å². The first kappa shape index (κ1) is 13.9. The number of aliphatic imine (C=N–C) groups is 2. The molecule has 0 aromatic rings. The first-order valence-corrected chi connectivity index (χ1v) is 5.25. The summed E-state index contributed by atoms with van der Waals surface area (Å²) in [7, 11) is -3.82. The Morgan fingerprint density at radius 3 is 1.87 bits per heavy atom. The van der Waals surface area contributed by atoms with E-state index in [9.17, 15) is 14.2 Å². The smallest absolute Gasteiger partial charge is 0.287 e. The van der Waals surface area contributed by atoms with Gasteiger partial charge in [-0.2, -0.15) is 9.98 Å². The number of nitrogens with zero attached hydrogens (tertiary/aromatic N) is 2. The fraction of sp³-hybridized carbons (Fsp3) is 0.667. The second-order valence-electron chi connectivity index (χ2n) is 1.88. The minimum absolute atomic E-state index is 0.0624. The van der Waals surface area contributed by atoms with Crippen LogP contribution in [0.5, 0.6) is 0 Å². The van der Waals surface area contributed by atoms with Crippen LogP contribution < -0.4 is 0 Å². The van der Waals surface area contributed by atoms with Gasteiger partial charge in [0.25, 0.3) is 0 Å². The van der Waals surface area contributed by atoms with Crippen LogP contribution in [0, 0.1) is 0 Å². The molecule has 0 aliphatic carbocycles. The van der Waals surface area contributed by atoms with Crippen molar-refractivity contribution in [2.24, 2.45) is 9.98 Å². The van der Waals surface area contributed by atoms with Crippen molar-refractivity contribution in [3.63, 3.8) is 0 Å². The molecule has 0 amide bonds. The van der Waals surface area contributed by atoms with E-state index >= 15 is 0 Å². The van der Waals surface area contributed by atoms with Crippen LogP contribution in [0.1, 0.15) is 6.92 Å². The number of rotatable bonds is 8. The Balaban J connectivity index is 4.23. The van der Waals surface area contributed by atoms with Crippen molar-refractivity contribution in [2.45, 2.75) is 6.92 Å². The summed E-state index contributed by atoms with van der Waals surface area (Å²) in [6.45, 7) is 0.607. The number of phosphoric acid groups is 1. The summed E-state index contributed by atoms with van der Waals surface area (Å²) in [5, 5.41) is 0. The van der Waals surface area contributed by atoms with Crippen LogP contribution in [0.4, 0.5) is 0 Å². The third-order valence-electron chi connectivity index (χ3n) is 0.977. The van der Waals surface area contributed by atoms with Gasteiger partial charge in [-0.05, 0) is 6.92 Å². The molecule has 0 unspecified atom stereocenters. The molecule has 0 fully saturated rings. The van der Waals surface area contributed by atoms with Crippen molar-refractivity contribution >= 4 is 20.0 Å². The Morgan fingerprint density at radius 2 is 1.53 bits per heavy atom. The van der Waals surface area contributed by atoms with Gasteiger partial charge in [-0.15, -0.1) is 0 Å². The van der Waals surface area contributed by atoms with Gasteiger partial charge in [0.2, 0.25) is 12.2 Å². The van der Waals surface area contributed by atoms with Crippen molar-refractivity contribution in [1.29, 1.82) is 0 Å². The standard InChI is InChI=1S/C6H9N2O6P/c1-2-12-15(11,13-5-7-3-9)14-6-8-4-10/h2,5-6H2,1H3. The van der Waals surface area contributed by atoms with Gasteiger partial charge in [-0.25, -0.2) is 14.2 Å². The molecule has 0 bridgehead atoms. The van der Waals surface area contributed by atoms with E-state index in [4.69, 9.17) is 0 Å². The highest BCUT2D eigenvalue weighted by molar-refractivity contribution is 7.48. The van der Waals surface area contributed by atoms with E-state index in [1.165, 1.54) is 12.2 Å². The average molecular weight is 236 g/mol. The van der Waals surface area contributed by atoms with Crippen molar-refractivity contribution in [2.75, 3.05) is 20.1 Å². The topological polar surface area (TPSA) is 104 Å². The molecule has 0 atom stereocenters. The zero-order chi connectivity index (χ0) is 11.6. The monoisotopic (exact) mass is 236 g/mol. The van der Waals surface area contributed by atoms with Gasteiger partial charge in [0.05, 0.1) is 6.61 Å². The van der Waals surface area contributed by atoms with E-state index in [-0.39, 0.29) is 6.61 Å². The summed E-state index contributed by atoms with van der Waals surface area (Å²) in [5.41, 5.74) is 0. The van der Waals surface area contributed by atoms with Crippen molar-refractivity contribution in [3.05, 3.63) is 0 Å². The summed E-state index contributed by atoms with van der Waals surface area (Å²) in [4.78, 5) is 25.4. The van der Waals surface area contributed by atoms with E-state index in [0.29, 0.717) is 0 Å². The van der Waals surface area contributed by atoms with E-state index in [1.54, 1.807) is 6.92 Å². The highest BCUT2D eigenvalue weighted by Crippen LogP contribution is 2.49. The number of hydrogen-bond donors (Lipinski definition) is 0. The van der Waals surface area contributed by atoms with Crippen molar-refractivity contribution in [3.8, 4) is 0 Å². The molecule has 0 N–H and O–H groups in total. The lowest BCUT2D eigenvalue weighted by Gasteiger charge is -2.13. The number of carbonyl (C=O) groups excluding carboxylic acids is 2. The van der Waals surface area contributed by atoms with E-state index in [2.05, 4.69) is 23.6 Å². The van der Waals surface area contributed by atoms with Gasteiger partial charge in [0, 0.05) is 0 Å². The predicted octanol–water partition coefficient (Wildman–Crippen LogP) is 0.751. The Morgan fingerprint density at radius 1 is 1.07 bits per heavy atom. The van der Waals surface area contributed by atoms with E-state index in [1.807, 2.05) is 0 Å². The molecule has 84 valence electrons. The van der Waals surface area contributed by atoms with Crippen LogP contribution >= 0.6 is 7.82 Å². The third-order valence-corrected chi connectivity index (χ3v) is 2.41. The van der Waals surface area contributed by atoms with Crippen LogP contribution in [-0.2, 0) is 27.7 Å². The van der Waals surface area contributed by atoms with Gasteiger partial charge in [-0.3, -0.25) is 13.6 Å². The quantitative estimate of drug-likeness (QED) is 0.350. The molecule has 0 aliphatic rings. The molecule has 0 spiro atoms. The molecule has 0 radical (unpaired) electrons. The fourth-order valence-electron chi connectivity index (χ4n) is 0.522. The molecule has 9 heteroatoms. The maximum Gasteiger partial charge on any atom is 0.478 e. The normalized spacial score (nSPS) is 13.4. The first-order valence-electron chi connectivity index (χ1n) is 3.79. The summed E-state index contributed by atoms with van der Waals surface area (Å²) in [6, 6.07) is 0. The second-order valence-corrected chi connectivity index (χ2v) is 3.55. The van der Waals surface area contributed by atoms with Gasteiger partial charge < -0.3 is 0 Å². The maximum absolute atomic E-state index is 11.5. The zero-order valence-electron chi connectivity index (χ0n) is 7.91. The summed E-state index contributed by atoms with van der Waals surface area (Å²) in [5.74, 6) is 0. The lowest BCUT2D eigenvalue weighted by Crippen LogP contribution is -2.00. The minimum Gasteiger partial charge on any atom is -0.287 e.